The Labute approximate surface area is 93.1 Å². The Morgan fingerprint density at radius 3 is 3.06 bits per heavy atom. The van der Waals surface area contributed by atoms with Crippen LogP contribution in [0, 0.1) is 0 Å². The molecule has 80 valence electrons. The van der Waals surface area contributed by atoms with Crippen LogP contribution in [-0.4, -0.2) is 11.4 Å². The predicted molar refractivity (Wildman–Crippen MR) is 61.9 cm³/mol. The maximum Gasteiger partial charge on any atom is 0.164 e. The van der Waals surface area contributed by atoms with Crippen molar-refractivity contribution in [1.82, 2.24) is 10.3 Å². The molecule has 3 N–H and O–H groups in total. The summed E-state index contributed by atoms with van der Waals surface area (Å²) in [5.41, 5.74) is 3.67. The van der Waals surface area contributed by atoms with Crippen LogP contribution < -0.4 is 21.8 Å². The van der Waals surface area contributed by atoms with Crippen molar-refractivity contribution < 1.29 is 0 Å². The molecule has 0 aromatic heterocycles. The maximum atomic E-state index is 5.51. The molecule has 0 atom stereocenters. The molecule has 1 aromatic rings. The van der Waals surface area contributed by atoms with Crippen molar-refractivity contribution in [1.29, 1.82) is 0 Å². The first kappa shape index (κ1) is 9.18. The van der Waals surface area contributed by atoms with Crippen LogP contribution in [-0.2, 0) is 0 Å². The van der Waals surface area contributed by atoms with Crippen molar-refractivity contribution in [2.24, 2.45) is 10.8 Å². The maximum absolute atomic E-state index is 5.51. The van der Waals surface area contributed by atoms with E-state index in [-0.39, 0.29) is 0 Å². The third-order valence-corrected chi connectivity index (χ3v) is 2.73. The summed E-state index contributed by atoms with van der Waals surface area (Å²) < 4.78 is 0. The highest BCUT2D eigenvalue weighted by molar-refractivity contribution is 5.40. The molecule has 0 spiro atoms. The van der Waals surface area contributed by atoms with Gasteiger partial charge in [0.25, 0.3) is 0 Å². The monoisotopic (exact) mass is 212 g/mol. The molecule has 2 heterocycles. The number of rotatable bonds is 1. The highest BCUT2D eigenvalue weighted by atomic mass is 15.3. The Bertz CT molecular complexity index is 598. The van der Waals surface area contributed by atoms with Crippen LogP contribution in [0.3, 0.4) is 0 Å². The number of hydrogen-bond acceptors (Lipinski definition) is 4. The molecule has 0 aliphatic carbocycles. The first-order chi connectivity index (χ1) is 7.88. The van der Waals surface area contributed by atoms with E-state index in [1.54, 1.807) is 0 Å². The van der Waals surface area contributed by atoms with Gasteiger partial charge in [0.2, 0.25) is 0 Å². The molecular formula is C12H12N4. The lowest BCUT2D eigenvalue weighted by Crippen LogP contribution is -2.27. The molecule has 0 unspecified atom stereocenters. The van der Waals surface area contributed by atoms with E-state index in [9.17, 15) is 0 Å². The van der Waals surface area contributed by atoms with Gasteiger partial charge in [-0.3, -0.25) is 0 Å². The average molecular weight is 212 g/mol. The van der Waals surface area contributed by atoms with E-state index in [1.165, 1.54) is 0 Å². The zero-order valence-corrected chi connectivity index (χ0v) is 8.72. The fourth-order valence-electron chi connectivity index (χ4n) is 1.96. The number of fused-ring (bicyclic) bond motifs is 2. The molecule has 2 aliphatic heterocycles. The molecule has 4 heteroatoms. The molecule has 0 fully saturated rings. The number of nitrogens with zero attached hydrogens (tertiary/aromatic N) is 2. The van der Waals surface area contributed by atoms with Crippen LogP contribution in [0.1, 0.15) is 0 Å². The van der Waals surface area contributed by atoms with Gasteiger partial charge in [-0.1, -0.05) is 24.3 Å². The summed E-state index contributed by atoms with van der Waals surface area (Å²) in [5, 5.41) is 2.04. The van der Waals surface area contributed by atoms with Crippen LogP contribution in [0.15, 0.2) is 52.9 Å². The second-order valence-corrected chi connectivity index (χ2v) is 3.73. The zero-order chi connectivity index (χ0) is 11.0. The van der Waals surface area contributed by atoms with E-state index in [0.717, 1.165) is 22.8 Å². The summed E-state index contributed by atoms with van der Waals surface area (Å²) in [6, 6.07) is 8.01. The lowest BCUT2D eigenvalue weighted by atomic mass is 10.3. The molecule has 0 saturated heterocycles. The van der Waals surface area contributed by atoms with Gasteiger partial charge in [-0.15, -0.1) is 0 Å². The Morgan fingerprint density at radius 1 is 1.31 bits per heavy atom. The van der Waals surface area contributed by atoms with Crippen LogP contribution in [0.25, 0.3) is 6.20 Å². The molecule has 0 bridgehead atoms. The van der Waals surface area contributed by atoms with Crippen LogP contribution in [0.5, 0.6) is 0 Å². The predicted octanol–water partition coefficient (Wildman–Crippen LogP) is -0.438. The van der Waals surface area contributed by atoms with Crippen molar-refractivity contribution in [3.8, 4) is 0 Å². The van der Waals surface area contributed by atoms with Crippen LogP contribution >= 0.6 is 0 Å². The van der Waals surface area contributed by atoms with Crippen LogP contribution in [0.2, 0.25) is 0 Å². The first-order valence-corrected chi connectivity index (χ1v) is 5.18. The summed E-state index contributed by atoms with van der Waals surface area (Å²) in [6.07, 6.45) is 6.21. The summed E-state index contributed by atoms with van der Waals surface area (Å²) in [6.45, 7) is 0.865. The summed E-state index contributed by atoms with van der Waals surface area (Å²) in [7, 11) is 0. The Kier molecular flexibility index (Phi) is 2.01. The molecule has 2 aliphatic rings. The van der Waals surface area contributed by atoms with Crippen molar-refractivity contribution >= 4 is 6.20 Å². The second kappa shape index (κ2) is 3.50. The number of para-hydroxylation sites is 1. The van der Waals surface area contributed by atoms with Crippen LogP contribution in [0.4, 0.5) is 0 Å². The lowest BCUT2D eigenvalue weighted by Gasteiger charge is -2.15. The van der Waals surface area contributed by atoms with Crippen molar-refractivity contribution in [3.05, 3.63) is 58.5 Å². The Balaban J connectivity index is 2.31. The largest absolute Gasteiger partial charge is 0.340 e. The standard InChI is InChI=1S/C12H12N4/c13-15-12-11-6-3-7-16(11)8-9-4-1-2-5-10(9)14-12/h1-6,8,15H,7,13H2. The normalized spacial score (nSPS) is 17.2. The number of nitrogens with two attached hydrogens (primary N) is 1. The number of hydrazine groups is 1. The Hall–Kier alpha value is -2.07. The third kappa shape index (κ3) is 1.31. The molecule has 0 saturated carbocycles. The van der Waals surface area contributed by atoms with Gasteiger partial charge in [-0.2, -0.15) is 0 Å². The van der Waals surface area contributed by atoms with E-state index >= 15 is 0 Å². The highest BCUT2D eigenvalue weighted by Gasteiger charge is 2.15. The summed E-state index contributed by atoms with van der Waals surface area (Å²) >= 11 is 0. The quantitative estimate of drug-likeness (QED) is 0.490. The molecule has 16 heavy (non-hydrogen) atoms. The number of allylic oxidation sites excluding steroid dienone is 1. The molecular weight excluding hydrogens is 200 g/mol. The van der Waals surface area contributed by atoms with Gasteiger partial charge in [0.1, 0.15) is 0 Å². The van der Waals surface area contributed by atoms with E-state index in [0.29, 0.717) is 5.82 Å². The molecule has 3 rings (SSSR count). The number of benzene rings is 1. The van der Waals surface area contributed by atoms with Gasteiger partial charge in [0, 0.05) is 18.0 Å². The van der Waals surface area contributed by atoms with E-state index < -0.39 is 0 Å². The molecule has 0 radical (unpaired) electrons. The number of nitrogens with one attached hydrogen (secondary N) is 1. The topological polar surface area (TPSA) is 53.6 Å². The van der Waals surface area contributed by atoms with Gasteiger partial charge >= 0.3 is 0 Å². The van der Waals surface area contributed by atoms with E-state index in [2.05, 4.69) is 27.6 Å². The zero-order valence-electron chi connectivity index (χ0n) is 8.72. The number of hydrogen-bond donors (Lipinski definition) is 2. The Morgan fingerprint density at radius 2 is 2.19 bits per heavy atom. The van der Waals surface area contributed by atoms with E-state index in [1.807, 2.05) is 30.3 Å². The highest BCUT2D eigenvalue weighted by Crippen LogP contribution is 2.17. The first-order valence-electron chi connectivity index (χ1n) is 5.18. The van der Waals surface area contributed by atoms with Gasteiger partial charge in [0.15, 0.2) is 5.82 Å². The third-order valence-electron chi connectivity index (χ3n) is 2.73. The summed E-state index contributed by atoms with van der Waals surface area (Å²) in [4.78, 5) is 6.65. The SMILES string of the molecule is NNC1=C2C=CCN2C=c2ccccc2=N1. The van der Waals surface area contributed by atoms with Gasteiger partial charge in [-0.25, -0.2) is 10.8 Å². The molecule has 0 amide bonds. The fraction of sp³-hybridized carbons (Fsp3) is 0.0833. The van der Waals surface area contributed by atoms with Crippen molar-refractivity contribution in [2.45, 2.75) is 0 Å². The molecule has 4 nitrogen and oxygen atoms in total. The fourth-order valence-corrected chi connectivity index (χ4v) is 1.96. The van der Waals surface area contributed by atoms with Gasteiger partial charge in [0.05, 0.1) is 11.1 Å². The van der Waals surface area contributed by atoms with Crippen molar-refractivity contribution in [3.63, 3.8) is 0 Å². The average Bonchev–Trinajstić information content (AvgIpc) is 2.70. The molecule has 1 aromatic carbocycles. The lowest BCUT2D eigenvalue weighted by molar-refractivity contribution is 0.587. The minimum atomic E-state index is 0.704. The minimum Gasteiger partial charge on any atom is -0.340 e. The summed E-state index contributed by atoms with van der Waals surface area (Å²) in [5.74, 6) is 6.21. The smallest absolute Gasteiger partial charge is 0.164 e. The van der Waals surface area contributed by atoms with E-state index in [4.69, 9.17) is 5.84 Å². The van der Waals surface area contributed by atoms with Crippen molar-refractivity contribution in [2.75, 3.05) is 6.54 Å². The minimum absolute atomic E-state index is 0.704. The second-order valence-electron chi connectivity index (χ2n) is 3.73. The van der Waals surface area contributed by atoms with Gasteiger partial charge in [-0.05, 0) is 12.1 Å². The van der Waals surface area contributed by atoms with Gasteiger partial charge < -0.3 is 10.3 Å².